The number of hydrogen-bond donors (Lipinski definition) is 1. The molecule has 5 nitrogen and oxygen atoms in total. The van der Waals surface area contributed by atoms with E-state index in [-0.39, 0.29) is 5.91 Å². The number of anilines is 1. The summed E-state index contributed by atoms with van der Waals surface area (Å²) in [5.41, 5.74) is 0.302. The van der Waals surface area contributed by atoms with Crippen LogP contribution in [0.25, 0.3) is 0 Å². The predicted octanol–water partition coefficient (Wildman–Crippen LogP) is 6.28. The maximum Gasteiger partial charge on any atom is 0.416 e. The Kier molecular flexibility index (Phi) is 7.91. The second-order valence-corrected chi connectivity index (χ2v) is 8.74. The average Bonchev–Trinajstić information content (AvgIpc) is 3.20. The van der Waals surface area contributed by atoms with Gasteiger partial charge in [0.1, 0.15) is 5.75 Å². The van der Waals surface area contributed by atoms with Crippen LogP contribution in [-0.4, -0.2) is 22.7 Å². The van der Waals surface area contributed by atoms with E-state index in [1.165, 1.54) is 17.8 Å². The molecule has 3 rings (SSSR count). The highest BCUT2D eigenvalue weighted by atomic mass is 32.2. The Morgan fingerprint density at radius 2 is 1.94 bits per heavy atom. The van der Waals surface area contributed by atoms with E-state index in [1.54, 1.807) is 30.3 Å². The molecular weight excluding hydrogens is 447 g/mol. The lowest BCUT2D eigenvalue weighted by molar-refractivity contribution is -0.137. The molecule has 0 fully saturated rings. The number of benzene rings is 2. The van der Waals surface area contributed by atoms with E-state index in [9.17, 15) is 18.0 Å². The molecule has 0 bridgehead atoms. The Balaban J connectivity index is 1.53. The number of alkyl halides is 3. The van der Waals surface area contributed by atoms with Crippen molar-refractivity contribution in [2.24, 2.45) is 0 Å². The Morgan fingerprint density at radius 3 is 2.65 bits per heavy atom. The van der Waals surface area contributed by atoms with Gasteiger partial charge in [-0.25, -0.2) is 0 Å². The number of thioether (sulfide) groups is 1. The van der Waals surface area contributed by atoms with Crippen molar-refractivity contribution in [2.75, 3.05) is 11.9 Å². The van der Waals surface area contributed by atoms with Crippen molar-refractivity contribution in [3.63, 3.8) is 0 Å². The Morgan fingerprint density at radius 1 is 1.16 bits per heavy atom. The molecule has 10 heteroatoms. The van der Waals surface area contributed by atoms with Crippen LogP contribution in [0.3, 0.4) is 0 Å². The van der Waals surface area contributed by atoms with E-state index < -0.39 is 11.7 Å². The SMILES string of the molecule is CCCCOc1ccc(C(=O)Nc2nnc(SCc3cccc(C(F)(F)F)c3)s2)cc1. The first-order chi connectivity index (χ1) is 14.8. The number of carbonyl (C=O) groups is 1. The Labute approximate surface area is 186 Å². The molecule has 0 radical (unpaired) electrons. The van der Waals surface area contributed by atoms with Gasteiger partial charge in [0, 0.05) is 11.3 Å². The molecule has 1 amide bonds. The highest BCUT2D eigenvalue weighted by Gasteiger charge is 2.30. The molecular formula is C21H20F3N3O2S2. The number of nitrogens with zero attached hydrogens (tertiary/aromatic N) is 2. The van der Waals surface area contributed by atoms with Crippen LogP contribution >= 0.6 is 23.1 Å². The monoisotopic (exact) mass is 467 g/mol. The quantitative estimate of drug-likeness (QED) is 0.228. The van der Waals surface area contributed by atoms with Crippen molar-refractivity contribution < 1.29 is 22.7 Å². The maximum atomic E-state index is 12.8. The summed E-state index contributed by atoms with van der Waals surface area (Å²) >= 11 is 2.42. The van der Waals surface area contributed by atoms with Gasteiger partial charge in [-0.05, 0) is 42.3 Å². The molecule has 31 heavy (non-hydrogen) atoms. The van der Waals surface area contributed by atoms with Crippen molar-refractivity contribution in [2.45, 2.75) is 36.0 Å². The number of rotatable bonds is 9. The normalized spacial score (nSPS) is 11.4. The van der Waals surface area contributed by atoms with Gasteiger partial charge in [0.15, 0.2) is 4.34 Å². The van der Waals surface area contributed by atoms with Gasteiger partial charge >= 0.3 is 6.18 Å². The average molecular weight is 468 g/mol. The fourth-order valence-electron chi connectivity index (χ4n) is 2.51. The van der Waals surface area contributed by atoms with Crippen LogP contribution in [0, 0.1) is 0 Å². The van der Waals surface area contributed by atoms with Crippen LogP contribution in [-0.2, 0) is 11.9 Å². The number of carbonyl (C=O) groups excluding carboxylic acids is 1. The molecule has 0 aliphatic heterocycles. The van der Waals surface area contributed by atoms with Crippen LogP contribution in [0.1, 0.15) is 41.3 Å². The first kappa shape index (κ1) is 23.1. The molecule has 3 aromatic rings. The van der Waals surface area contributed by atoms with Crippen molar-refractivity contribution in [3.05, 3.63) is 65.2 Å². The molecule has 0 unspecified atom stereocenters. The molecule has 0 atom stereocenters. The zero-order valence-electron chi connectivity index (χ0n) is 16.6. The molecule has 0 saturated carbocycles. The topological polar surface area (TPSA) is 64.1 Å². The van der Waals surface area contributed by atoms with E-state index in [0.29, 0.717) is 38.7 Å². The van der Waals surface area contributed by atoms with E-state index in [2.05, 4.69) is 22.4 Å². The number of ether oxygens (including phenoxy) is 1. The van der Waals surface area contributed by atoms with Crippen molar-refractivity contribution >= 4 is 34.1 Å². The largest absolute Gasteiger partial charge is 0.494 e. The summed E-state index contributed by atoms with van der Waals surface area (Å²) in [5.74, 6) is 0.686. The number of unbranched alkanes of at least 4 members (excludes halogenated alkanes) is 1. The first-order valence-corrected chi connectivity index (χ1v) is 11.3. The number of hydrogen-bond acceptors (Lipinski definition) is 6. The van der Waals surface area contributed by atoms with Gasteiger partial charge in [-0.3, -0.25) is 10.1 Å². The van der Waals surface area contributed by atoms with Crippen LogP contribution in [0.15, 0.2) is 52.9 Å². The lowest BCUT2D eigenvalue weighted by Crippen LogP contribution is -2.11. The number of aromatic nitrogens is 2. The zero-order valence-corrected chi connectivity index (χ0v) is 18.2. The van der Waals surface area contributed by atoms with Gasteiger partial charge < -0.3 is 4.74 Å². The highest BCUT2D eigenvalue weighted by Crippen LogP contribution is 2.32. The molecule has 0 saturated heterocycles. The van der Waals surface area contributed by atoms with Gasteiger partial charge in [-0.1, -0.05) is 54.6 Å². The Hall–Kier alpha value is -2.59. The molecule has 1 heterocycles. The zero-order chi connectivity index (χ0) is 22.3. The number of nitrogens with one attached hydrogen (secondary N) is 1. The van der Waals surface area contributed by atoms with E-state index in [4.69, 9.17) is 4.74 Å². The smallest absolute Gasteiger partial charge is 0.416 e. The second kappa shape index (κ2) is 10.6. The second-order valence-electron chi connectivity index (χ2n) is 6.54. The summed E-state index contributed by atoms with van der Waals surface area (Å²) in [4.78, 5) is 12.4. The van der Waals surface area contributed by atoms with Gasteiger partial charge in [0.05, 0.1) is 12.2 Å². The predicted molar refractivity (Wildman–Crippen MR) is 116 cm³/mol. The third-order valence-corrected chi connectivity index (χ3v) is 6.17. The lowest BCUT2D eigenvalue weighted by atomic mass is 10.1. The molecule has 0 aliphatic rings. The fourth-order valence-corrected chi connectivity index (χ4v) is 4.20. The first-order valence-electron chi connectivity index (χ1n) is 9.52. The van der Waals surface area contributed by atoms with E-state index >= 15 is 0 Å². The summed E-state index contributed by atoms with van der Waals surface area (Å²) in [6.07, 6.45) is -2.36. The minimum Gasteiger partial charge on any atom is -0.494 e. The summed E-state index contributed by atoms with van der Waals surface area (Å²) in [5, 5.41) is 10.9. The highest BCUT2D eigenvalue weighted by molar-refractivity contribution is 8.00. The standard InChI is InChI=1S/C21H20F3N3O2S2/c1-2-3-11-29-17-9-7-15(8-10-17)18(28)25-19-26-27-20(31-19)30-13-14-5-4-6-16(12-14)21(22,23)24/h4-10,12H,2-3,11,13H2,1H3,(H,25,26,28). The van der Waals surface area contributed by atoms with Crippen LogP contribution in [0.5, 0.6) is 5.75 Å². The van der Waals surface area contributed by atoms with E-state index in [1.807, 2.05) is 0 Å². The van der Waals surface area contributed by atoms with Crippen molar-refractivity contribution in [3.8, 4) is 5.75 Å². The number of amides is 1. The minimum atomic E-state index is -4.37. The molecule has 0 aliphatic carbocycles. The maximum absolute atomic E-state index is 12.8. The summed E-state index contributed by atoms with van der Waals surface area (Å²) < 4.78 is 44.6. The molecule has 164 valence electrons. The van der Waals surface area contributed by atoms with Gasteiger partial charge in [-0.15, -0.1) is 10.2 Å². The Bertz CT molecular complexity index is 1010. The summed E-state index contributed by atoms with van der Waals surface area (Å²) in [6, 6.07) is 12.0. The summed E-state index contributed by atoms with van der Waals surface area (Å²) in [6.45, 7) is 2.72. The number of halogens is 3. The van der Waals surface area contributed by atoms with Gasteiger partial charge in [0.25, 0.3) is 5.91 Å². The molecule has 0 spiro atoms. The molecule has 1 aromatic heterocycles. The van der Waals surface area contributed by atoms with Gasteiger partial charge in [0.2, 0.25) is 5.13 Å². The van der Waals surface area contributed by atoms with Crippen molar-refractivity contribution in [1.29, 1.82) is 0 Å². The molecule has 1 N–H and O–H groups in total. The lowest BCUT2D eigenvalue weighted by Gasteiger charge is -2.07. The van der Waals surface area contributed by atoms with E-state index in [0.717, 1.165) is 36.3 Å². The summed E-state index contributed by atoms with van der Waals surface area (Å²) in [7, 11) is 0. The van der Waals surface area contributed by atoms with Crippen LogP contribution in [0.2, 0.25) is 0 Å². The molecule has 2 aromatic carbocycles. The van der Waals surface area contributed by atoms with Gasteiger partial charge in [-0.2, -0.15) is 13.2 Å². The fraction of sp³-hybridized carbons (Fsp3) is 0.286. The van der Waals surface area contributed by atoms with Crippen LogP contribution in [0.4, 0.5) is 18.3 Å². The third kappa shape index (κ3) is 6.96. The minimum absolute atomic E-state index is 0.312. The third-order valence-electron chi connectivity index (χ3n) is 4.13. The van der Waals surface area contributed by atoms with Crippen LogP contribution < -0.4 is 10.1 Å². The van der Waals surface area contributed by atoms with Crippen molar-refractivity contribution in [1.82, 2.24) is 10.2 Å².